The molecular weight excluding hydrogens is 346 g/mol. The van der Waals surface area contributed by atoms with Gasteiger partial charge in [-0.3, -0.25) is 14.3 Å². The van der Waals surface area contributed by atoms with Crippen LogP contribution in [0.15, 0.2) is 30.9 Å². The smallest absolute Gasteiger partial charge is 0.257 e. The number of carbonyl (C=O) groups is 2. The quantitative estimate of drug-likeness (QED) is 0.750. The van der Waals surface area contributed by atoms with Crippen LogP contribution < -0.4 is 5.32 Å². The first-order chi connectivity index (χ1) is 13.1. The third-order valence-corrected chi connectivity index (χ3v) is 4.96. The molecule has 0 aromatic carbocycles. The van der Waals surface area contributed by atoms with Gasteiger partial charge >= 0.3 is 0 Å². The summed E-state index contributed by atoms with van der Waals surface area (Å²) in [4.78, 5) is 31.3. The zero-order valence-corrected chi connectivity index (χ0v) is 15.3. The van der Waals surface area contributed by atoms with E-state index in [4.69, 9.17) is 0 Å². The Morgan fingerprint density at radius 2 is 2.07 bits per heavy atom. The minimum absolute atomic E-state index is 0.0450. The first kappa shape index (κ1) is 17.2. The van der Waals surface area contributed by atoms with Crippen LogP contribution in [-0.2, 0) is 7.05 Å². The van der Waals surface area contributed by atoms with E-state index in [0.29, 0.717) is 23.3 Å². The second kappa shape index (κ2) is 6.82. The van der Waals surface area contributed by atoms with E-state index in [0.717, 1.165) is 25.0 Å². The summed E-state index contributed by atoms with van der Waals surface area (Å²) in [6, 6.07) is 1.74. The van der Waals surface area contributed by atoms with Gasteiger partial charge in [-0.1, -0.05) is 0 Å². The molecule has 0 bridgehead atoms. The van der Waals surface area contributed by atoms with Gasteiger partial charge in [0.05, 0.1) is 29.7 Å². The Morgan fingerprint density at radius 1 is 1.22 bits per heavy atom. The molecule has 0 unspecified atom stereocenters. The van der Waals surface area contributed by atoms with Crippen molar-refractivity contribution in [2.24, 2.45) is 7.05 Å². The summed E-state index contributed by atoms with van der Waals surface area (Å²) >= 11 is 0. The van der Waals surface area contributed by atoms with Gasteiger partial charge in [0.2, 0.25) is 0 Å². The Bertz CT molecular complexity index is 1010. The van der Waals surface area contributed by atoms with E-state index in [1.54, 1.807) is 41.9 Å². The average Bonchev–Trinajstić information content (AvgIpc) is 3.33. The van der Waals surface area contributed by atoms with Crippen molar-refractivity contribution in [2.45, 2.75) is 25.3 Å². The first-order valence-corrected chi connectivity index (χ1v) is 8.94. The minimum atomic E-state index is -0.235. The number of aryl methyl sites for hydroxylation is 1. The molecule has 1 N–H and O–H groups in total. The summed E-state index contributed by atoms with van der Waals surface area (Å²) in [6.07, 6.45) is 9.32. The van der Waals surface area contributed by atoms with Crippen molar-refractivity contribution in [1.29, 1.82) is 0 Å². The highest BCUT2D eigenvalue weighted by atomic mass is 16.2. The van der Waals surface area contributed by atoms with Crippen LogP contribution in [-0.4, -0.2) is 54.7 Å². The van der Waals surface area contributed by atoms with E-state index in [-0.39, 0.29) is 17.9 Å². The fraction of sp³-hybridized carbons (Fsp3) is 0.389. The monoisotopic (exact) mass is 367 g/mol. The van der Waals surface area contributed by atoms with E-state index < -0.39 is 0 Å². The zero-order valence-electron chi connectivity index (χ0n) is 15.3. The van der Waals surface area contributed by atoms with Gasteiger partial charge in [0.1, 0.15) is 5.56 Å². The van der Waals surface area contributed by atoms with Gasteiger partial charge in [0.15, 0.2) is 5.65 Å². The van der Waals surface area contributed by atoms with Crippen LogP contribution in [0.4, 0.5) is 0 Å². The SMILES string of the molecule is CNC(=O)c1cnn2c([C@H]3CCCCN3C(=O)c3cnn(C)c3)ccnc12. The van der Waals surface area contributed by atoms with Gasteiger partial charge in [-0.2, -0.15) is 10.2 Å². The number of hydrogen-bond donors (Lipinski definition) is 1. The number of rotatable bonds is 3. The van der Waals surface area contributed by atoms with E-state index in [1.807, 2.05) is 11.0 Å². The van der Waals surface area contributed by atoms with Gasteiger partial charge < -0.3 is 10.2 Å². The van der Waals surface area contributed by atoms with Crippen molar-refractivity contribution in [3.63, 3.8) is 0 Å². The lowest BCUT2D eigenvalue weighted by Gasteiger charge is -2.35. The molecule has 0 aliphatic carbocycles. The average molecular weight is 367 g/mol. The van der Waals surface area contributed by atoms with Crippen LogP contribution in [0.25, 0.3) is 5.65 Å². The van der Waals surface area contributed by atoms with E-state index in [9.17, 15) is 9.59 Å². The van der Waals surface area contributed by atoms with Gasteiger partial charge in [-0.05, 0) is 25.3 Å². The molecule has 1 aliphatic heterocycles. The van der Waals surface area contributed by atoms with E-state index >= 15 is 0 Å². The molecule has 2 amide bonds. The molecule has 27 heavy (non-hydrogen) atoms. The molecule has 0 spiro atoms. The van der Waals surface area contributed by atoms with Crippen molar-refractivity contribution >= 4 is 17.5 Å². The van der Waals surface area contributed by atoms with Crippen molar-refractivity contribution in [1.82, 2.24) is 34.6 Å². The summed E-state index contributed by atoms with van der Waals surface area (Å²) in [5.74, 6) is -0.280. The fourth-order valence-corrected chi connectivity index (χ4v) is 3.64. The number of aromatic nitrogens is 5. The summed E-state index contributed by atoms with van der Waals surface area (Å²) in [6.45, 7) is 0.672. The van der Waals surface area contributed by atoms with Gasteiger partial charge in [0, 0.05) is 33.0 Å². The highest BCUT2D eigenvalue weighted by molar-refractivity contribution is 5.99. The predicted molar refractivity (Wildman–Crippen MR) is 97.2 cm³/mol. The van der Waals surface area contributed by atoms with Crippen LogP contribution in [0.3, 0.4) is 0 Å². The molecule has 1 atom stereocenters. The molecule has 9 heteroatoms. The maximum atomic E-state index is 13.1. The van der Waals surface area contributed by atoms with Gasteiger partial charge in [0.25, 0.3) is 11.8 Å². The molecule has 1 fully saturated rings. The van der Waals surface area contributed by atoms with Crippen LogP contribution in [0, 0.1) is 0 Å². The van der Waals surface area contributed by atoms with E-state index in [1.165, 1.54) is 6.20 Å². The summed E-state index contributed by atoms with van der Waals surface area (Å²) in [5, 5.41) is 11.1. The number of fused-ring (bicyclic) bond motifs is 1. The second-order valence-electron chi connectivity index (χ2n) is 6.66. The Balaban J connectivity index is 1.75. The lowest BCUT2D eigenvalue weighted by molar-refractivity contribution is 0.0603. The Hall–Kier alpha value is -3.23. The Morgan fingerprint density at radius 3 is 2.81 bits per heavy atom. The van der Waals surface area contributed by atoms with E-state index in [2.05, 4.69) is 20.5 Å². The normalized spacial score (nSPS) is 17.3. The summed E-state index contributed by atoms with van der Waals surface area (Å²) < 4.78 is 3.30. The number of nitrogens with zero attached hydrogens (tertiary/aromatic N) is 6. The molecule has 140 valence electrons. The topological polar surface area (TPSA) is 97.4 Å². The van der Waals surface area contributed by atoms with Crippen molar-refractivity contribution in [3.8, 4) is 0 Å². The van der Waals surface area contributed by atoms with Crippen LogP contribution in [0.1, 0.15) is 51.7 Å². The number of hydrogen-bond acceptors (Lipinski definition) is 5. The largest absolute Gasteiger partial charge is 0.355 e. The molecule has 4 heterocycles. The maximum Gasteiger partial charge on any atom is 0.257 e. The third kappa shape index (κ3) is 2.94. The van der Waals surface area contributed by atoms with Crippen molar-refractivity contribution in [3.05, 3.63) is 47.7 Å². The van der Waals surface area contributed by atoms with Crippen LogP contribution >= 0.6 is 0 Å². The zero-order chi connectivity index (χ0) is 19.0. The van der Waals surface area contributed by atoms with Crippen molar-refractivity contribution in [2.75, 3.05) is 13.6 Å². The van der Waals surface area contributed by atoms with Gasteiger partial charge in [-0.15, -0.1) is 0 Å². The van der Waals surface area contributed by atoms with Gasteiger partial charge in [-0.25, -0.2) is 9.50 Å². The molecule has 0 saturated carbocycles. The molecule has 3 aromatic rings. The first-order valence-electron chi connectivity index (χ1n) is 8.94. The Kier molecular flexibility index (Phi) is 4.35. The lowest BCUT2D eigenvalue weighted by atomic mass is 9.98. The Labute approximate surface area is 156 Å². The number of likely N-dealkylation sites (tertiary alicyclic amines) is 1. The minimum Gasteiger partial charge on any atom is -0.355 e. The molecule has 1 aliphatic rings. The molecule has 1 saturated heterocycles. The molecule has 4 rings (SSSR count). The third-order valence-electron chi connectivity index (χ3n) is 4.96. The molecule has 3 aromatic heterocycles. The standard InChI is InChI=1S/C18H21N7O2/c1-19-17(26)13-10-22-25-15(6-7-20-16(13)25)14-5-3-4-8-24(14)18(27)12-9-21-23(2)11-12/h6-7,9-11,14H,3-5,8H2,1-2H3,(H,19,26)/t14-/m1/s1. The van der Waals surface area contributed by atoms with Crippen LogP contribution in [0.5, 0.6) is 0 Å². The number of carbonyl (C=O) groups excluding carboxylic acids is 2. The summed E-state index contributed by atoms with van der Waals surface area (Å²) in [7, 11) is 3.37. The van der Waals surface area contributed by atoms with Crippen molar-refractivity contribution < 1.29 is 9.59 Å². The predicted octanol–water partition coefficient (Wildman–Crippen LogP) is 1.19. The number of amides is 2. The molecular formula is C18H21N7O2. The second-order valence-corrected chi connectivity index (χ2v) is 6.66. The van der Waals surface area contributed by atoms with Crippen LogP contribution in [0.2, 0.25) is 0 Å². The molecule has 9 nitrogen and oxygen atoms in total. The lowest BCUT2D eigenvalue weighted by Crippen LogP contribution is -2.39. The summed E-state index contributed by atoms with van der Waals surface area (Å²) in [5.41, 5.74) is 2.33. The fourth-order valence-electron chi connectivity index (χ4n) is 3.64. The highest BCUT2D eigenvalue weighted by Crippen LogP contribution is 2.32. The highest BCUT2D eigenvalue weighted by Gasteiger charge is 2.31. The number of nitrogens with one attached hydrogen (secondary N) is 1. The maximum absolute atomic E-state index is 13.1. The number of piperidine rings is 1. The molecule has 0 radical (unpaired) electrons.